The molecule has 2 N–H and O–H groups in total. The summed E-state index contributed by atoms with van der Waals surface area (Å²) in [6, 6.07) is 0. The Labute approximate surface area is 91.8 Å². The molecular formula is C10H20ClNO2. The van der Waals surface area contributed by atoms with Crippen molar-refractivity contribution in [1.82, 2.24) is 0 Å². The van der Waals surface area contributed by atoms with Crippen LogP contribution in [0.4, 0.5) is 0 Å². The maximum atomic E-state index is 11.6. The molecule has 1 aliphatic carbocycles. The zero-order chi connectivity index (χ0) is 10.3. The van der Waals surface area contributed by atoms with Crippen LogP contribution >= 0.6 is 12.4 Å². The van der Waals surface area contributed by atoms with Crippen molar-refractivity contribution in [3.63, 3.8) is 0 Å². The predicted molar refractivity (Wildman–Crippen MR) is 58.4 cm³/mol. The molecule has 1 rings (SSSR count). The Morgan fingerprint density at radius 2 is 1.71 bits per heavy atom. The van der Waals surface area contributed by atoms with E-state index in [1.165, 1.54) is 0 Å². The van der Waals surface area contributed by atoms with Gasteiger partial charge in [0.25, 0.3) is 0 Å². The SMILES string of the molecule is CC(C)(C)OC(=O)C(C)(N)C1CC1.Cl. The molecule has 0 aromatic heterocycles. The van der Waals surface area contributed by atoms with Gasteiger partial charge in [0, 0.05) is 0 Å². The van der Waals surface area contributed by atoms with Crippen LogP contribution < -0.4 is 5.73 Å². The van der Waals surface area contributed by atoms with E-state index in [-0.39, 0.29) is 18.4 Å². The Morgan fingerprint density at radius 1 is 1.29 bits per heavy atom. The van der Waals surface area contributed by atoms with Crippen molar-refractivity contribution in [2.45, 2.75) is 51.7 Å². The molecule has 0 amide bonds. The lowest BCUT2D eigenvalue weighted by Gasteiger charge is -2.28. The molecule has 1 saturated carbocycles. The summed E-state index contributed by atoms with van der Waals surface area (Å²) in [7, 11) is 0. The molecule has 0 bridgehead atoms. The van der Waals surface area contributed by atoms with Crippen LogP contribution in [-0.4, -0.2) is 17.1 Å². The highest BCUT2D eigenvalue weighted by Crippen LogP contribution is 2.39. The van der Waals surface area contributed by atoms with E-state index < -0.39 is 11.1 Å². The molecule has 0 spiro atoms. The van der Waals surface area contributed by atoms with E-state index in [2.05, 4.69) is 0 Å². The van der Waals surface area contributed by atoms with Gasteiger partial charge >= 0.3 is 5.97 Å². The minimum Gasteiger partial charge on any atom is -0.459 e. The Bertz CT molecular complexity index is 217. The summed E-state index contributed by atoms with van der Waals surface area (Å²) in [5, 5.41) is 0. The van der Waals surface area contributed by atoms with Crippen LogP contribution in [0.25, 0.3) is 0 Å². The lowest BCUT2D eigenvalue weighted by atomic mass is 9.97. The minimum absolute atomic E-state index is 0. The monoisotopic (exact) mass is 221 g/mol. The average Bonchev–Trinajstić information content (AvgIpc) is 2.62. The zero-order valence-electron chi connectivity index (χ0n) is 9.29. The predicted octanol–water partition coefficient (Wildman–Crippen LogP) is 1.88. The van der Waals surface area contributed by atoms with Crippen molar-refractivity contribution in [3.8, 4) is 0 Å². The highest BCUT2D eigenvalue weighted by Gasteiger charge is 2.46. The number of halogens is 1. The van der Waals surface area contributed by atoms with Gasteiger partial charge in [0.2, 0.25) is 0 Å². The van der Waals surface area contributed by atoms with Gasteiger partial charge in [-0.15, -0.1) is 12.4 Å². The van der Waals surface area contributed by atoms with Crippen molar-refractivity contribution >= 4 is 18.4 Å². The summed E-state index contributed by atoms with van der Waals surface area (Å²) in [5.74, 6) is 0.0462. The molecule has 1 fully saturated rings. The molecule has 1 aliphatic rings. The van der Waals surface area contributed by atoms with Crippen LogP contribution in [0.5, 0.6) is 0 Å². The van der Waals surface area contributed by atoms with Crippen LogP contribution in [0.3, 0.4) is 0 Å². The number of carbonyl (C=O) groups is 1. The van der Waals surface area contributed by atoms with Gasteiger partial charge in [-0.25, -0.2) is 0 Å². The fourth-order valence-corrected chi connectivity index (χ4v) is 1.24. The first kappa shape index (κ1) is 13.7. The molecular weight excluding hydrogens is 202 g/mol. The van der Waals surface area contributed by atoms with Crippen LogP contribution in [-0.2, 0) is 9.53 Å². The highest BCUT2D eigenvalue weighted by molar-refractivity contribution is 5.85. The van der Waals surface area contributed by atoms with E-state index in [9.17, 15) is 4.79 Å². The van der Waals surface area contributed by atoms with Gasteiger partial charge in [0.1, 0.15) is 11.1 Å². The summed E-state index contributed by atoms with van der Waals surface area (Å²) in [6.45, 7) is 7.33. The van der Waals surface area contributed by atoms with E-state index in [0.717, 1.165) is 12.8 Å². The fourth-order valence-electron chi connectivity index (χ4n) is 1.24. The average molecular weight is 222 g/mol. The Morgan fingerprint density at radius 3 is 2.00 bits per heavy atom. The second kappa shape index (κ2) is 4.07. The van der Waals surface area contributed by atoms with Crippen molar-refractivity contribution in [3.05, 3.63) is 0 Å². The molecule has 1 atom stereocenters. The lowest BCUT2D eigenvalue weighted by molar-refractivity contribution is -0.161. The molecule has 0 aromatic rings. The molecule has 0 aliphatic heterocycles. The molecule has 0 aromatic carbocycles. The van der Waals surface area contributed by atoms with Gasteiger partial charge < -0.3 is 10.5 Å². The second-order valence-electron chi connectivity index (χ2n) is 5.06. The van der Waals surface area contributed by atoms with Crippen molar-refractivity contribution in [1.29, 1.82) is 0 Å². The Kier molecular flexibility index (Phi) is 3.99. The van der Waals surface area contributed by atoms with Gasteiger partial charge in [-0.2, -0.15) is 0 Å². The van der Waals surface area contributed by atoms with Gasteiger partial charge in [-0.3, -0.25) is 4.79 Å². The van der Waals surface area contributed by atoms with Gasteiger partial charge in [0.05, 0.1) is 0 Å². The number of hydrogen-bond acceptors (Lipinski definition) is 3. The first-order valence-electron chi connectivity index (χ1n) is 4.76. The summed E-state index contributed by atoms with van der Waals surface area (Å²) in [6.07, 6.45) is 2.10. The fraction of sp³-hybridized carbons (Fsp3) is 0.900. The van der Waals surface area contributed by atoms with E-state index in [1.54, 1.807) is 6.92 Å². The summed E-state index contributed by atoms with van der Waals surface area (Å²) >= 11 is 0. The van der Waals surface area contributed by atoms with Crippen molar-refractivity contribution in [2.24, 2.45) is 11.7 Å². The largest absolute Gasteiger partial charge is 0.459 e. The summed E-state index contributed by atoms with van der Waals surface area (Å²) in [5.41, 5.74) is 4.68. The van der Waals surface area contributed by atoms with Crippen LogP contribution in [0.15, 0.2) is 0 Å². The third kappa shape index (κ3) is 3.46. The number of esters is 1. The van der Waals surface area contributed by atoms with Gasteiger partial charge in [-0.1, -0.05) is 0 Å². The first-order valence-corrected chi connectivity index (χ1v) is 4.76. The smallest absolute Gasteiger partial charge is 0.326 e. The quantitative estimate of drug-likeness (QED) is 0.725. The van der Waals surface area contributed by atoms with E-state index in [0.29, 0.717) is 5.92 Å². The molecule has 14 heavy (non-hydrogen) atoms. The molecule has 1 unspecified atom stereocenters. The minimum atomic E-state index is -0.784. The molecule has 3 nitrogen and oxygen atoms in total. The van der Waals surface area contributed by atoms with Crippen molar-refractivity contribution < 1.29 is 9.53 Å². The molecule has 84 valence electrons. The van der Waals surface area contributed by atoms with Gasteiger partial charge in [-0.05, 0) is 46.5 Å². The highest BCUT2D eigenvalue weighted by atomic mass is 35.5. The zero-order valence-corrected chi connectivity index (χ0v) is 10.1. The number of hydrogen-bond donors (Lipinski definition) is 1. The Hall–Kier alpha value is -0.280. The van der Waals surface area contributed by atoms with Crippen LogP contribution in [0, 0.1) is 5.92 Å². The standard InChI is InChI=1S/C10H19NO2.ClH/c1-9(2,3)13-8(12)10(4,11)7-5-6-7;/h7H,5-6,11H2,1-4H3;1H. The van der Waals surface area contributed by atoms with E-state index >= 15 is 0 Å². The lowest BCUT2D eigenvalue weighted by Crippen LogP contribution is -2.50. The topological polar surface area (TPSA) is 52.3 Å². The summed E-state index contributed by atoms with van der Waals surface area (Å²) in [4.78, 5) is 11.6. The van der Waals surface area contributed by atoms with Crippen LogP contribution in [0.1, 0.15) is 40.5 Å². The van der Waals surface area contributed by atoms with Crippen molar-refractivity contribution in [2.75, 3.05) is 0 Å². The molecule has 0 radical (unpaired) electrons. The molecule has 0 saturated heterocycles. The van der Waals surface area contributed by atoms with E-state index in [4.69, 9.17) is 10.5 Å². The third-order valence-corrected chi connectivity index (χ3v) is 2.26. The Balaban J connectivity index is 0.00000169. The first-order chi connectivity index (χ1) is 5.73. The maximum Gasteiger partial charge on any atom is 0.326 e. The van der Waals surface area contributed by atoms with Gasteiger partial charge in [0.15, 0.2) is 0 Å². The number of rotatable bonds is 2. The number of ether oxygens (including phenoxy) is 1. The van der Waals surface area contributed by atoms with Crippen LogP contribution in [0.2, 0.25) is 0 Å². The second-order valence-corrected chi connectivity index (χ2v) is 5.06. The molecule has 4 heteroatoms. The number of carbonyl (C=O) groups excluding carboxylic acids is 1. The maximum absolute atomic E-state index is 11.6. The summed E-state index contributed by atoms with van der Waals surface area (Å²) < 4.78 is 5.24. The molecule has 0 heterocycles. The third-order valence-electron chi connectivity index (χ3n) is 2.26. The number of nitrogens with two attached hydrogens (primary N) is 1. The normalized spacial score (nSPS) is 20.6. The van der Waals surface area contributed by atoms with E-state index in [1.807, 2.05) is 20.8 Å².